The molecule has 25 heavy (non-hydrogen) atoms. The maximum Gasteiger partial charge on any atom is 0.207 e. The first-order valence-corrected chi connectivity index (χ1v) is 15.2. The van der Waals surface area contributed by atoms with Crippen LogP contribution in [0.2, 0.25) is 36.3 Å². The predicted octanol–water partition coefficient (Wildman–Crippen LogP) is 6.69. The lowest BCUT2D eigenvalue weighted by molar-refractivity contribution is 0.0556. The summed E-state index contributed by atoms with van der Waals surface area (Å²) in [5.41, 5.74) is 2.68. The van der Waals surface area contributed by atoms with Gasteiger partial charge in [-0.3, -0.25) is 0 Å². The smallest absolute Gasteiger partial charge is 0.207 e. The molecule has 0 aromatic heterocycles. The largest absolute Gasteiger partial charge is 0.414 e. The maximum atomic E-state index is 7.03. The van der Waals surface area contributed by atoms with E-state index in [2.05, 4.69) is 90.3 Å². The normalized spacial score (nSPS) is 26.8. The summed E-state index contributed by atoms with van der Waals surface area (Å²) in [6.07, 6.45) is 3.44. The fourth-order valence-corrected chi connectivity index (χ4v) is 11.3. The van der Waals surface area contributed by atoms with Crippen molar-refractivity contribution in [1.29, 1.82) is 0 Å². The zero-order valence-electron chi connectivity index (χ0n) is 17.1. The summed E-state index contributed by atoms with van der Waals surface area (Å²) >= 11 is 0. The van der Waals surface area contributed by atoms with Crippen LogP contribution in [0.4, 0.5) is 0 Å². The Kier molecular flexibility index (Phi) is 6.52. The Morgan fingerprint density at radius 3 is 2.12 bits per heavy atom. The molecule has 0 amide bonds. The maximum absolute atomic E-state index is 7.03. The highest BCUT2D eigenvalue weighted by molar-refractivity contribution is 6.78. The molecule has 0 spiro atoms. The molecule has 4 heteroatoms. The second kappa shape index (κ2) is 7.91. The van der Waals surface area contributed by atoms with E-state index in [1.165, 1.54) is 5.56 Å². The quantitative estimate of drug-likeness (QED) is 0.407. The van der Waals surface area contributed by atoms with E-state index in [1.54, 1.807) is 0 Å². The molecule has 0 N–H and O–H groups in total. The van der Waals surface area contributed by atoms with Gasteiger partial charge in [-0.1, -0.05) is 64.1 Å². The molecule has 1 heterocycles. The number of hydrogen-bond acceptors (Lipinski definition) is 2. The lowest BCUT2D eigenvalue weighted by atomic mass is 10.0. The Hall–Kier alpha value is -0.686. The third kappa shape index (κ3) is 4.36. The van der Waals surface area contributed by atoms with Gasteiger partial charge in [-0.25, -0.2) is 0 Å². The van der Waals surface area contributed by atoms with E-state index in [1.807, 2.05) is 0 Å². The molecule has 1 aromatic carbocycles. The molecule has 1 aromatic rings. The molecule has 2 nitrogen and oxygen atoms in total. The van der Waals surface area contributed by atoms with E-state index in [0.29, 0.717) is 16.6 Å². The molecule has 3 atom stereocenters. The average molecular weight is 377 g/mol. The number of rotatable bonds is 6. The molecular formula is C21H36O2Si2. The van der Waals surface area contributed by atoms with Crippen LogP contribution >= 0.6 is 0 Å². The van der Waals surface area contributed by atoms with Gasteiger partial charge in [0.1, 0.15) is 0 Å². The van der Waals surface area contributed by atoms with Crippen LogP contribution < -0.4 is 0 Å². The molecule has 1 saturated heterocycles. The van der Waals surface area contributed by atoms with Gasteiger partial charge in [-0.15, -0.1) is 6.58 Å². The summed E-state index contributed by atoms with van der Waals surface area (Å²) in [4.78, 5) is 0. The van der Waals surface area contributed by atoms with Gasteiger partial charge in [0.25, 0.3) is 0 Å². The molecule has 1 aliphatic heterocycles. The third-order valence-corrected chi connectivity index (χ3v) is 12.4. The van der Waals surface area contributed by atoms with Gasteiger partial charge < -0.3 is 8.85 Å². The van der Waals surface area contributed by atoms with Crippen LogP contribution in [-0.2, 0) is 8.85 Å². The van der Waals surface area contributed by atoms with E-state index in [0.717, 1.165) is 6.42 Å². The Morgan fingerprint density at radius 1 is 1.12 bits per heavy atom. The van der Waals surface area contributed by atoms with Crippen molar-refractivity contribution in [3.8, 4) is 0 Å². The van der Waals surface area contributed by atoms with Crippen molar-refractivity contribution in [3.63, 3.8) is 0 Å². The van der Waals surface area contributed by atoms with Crippen LogP contribution in [0.5, 0.6) is 0 Å². The van der Waals surface area contributed by atoms with Crippen molar-refractivity contribution in [2.24, 2.45) is 0 Å². The number of benzene rings is 1. The van der Waals surface area contributed by atoms with Crippen LogP contribution in [0.25, 0.3) is 0 Å². The standard InChI is InChI=1S/C21H36O2Si2/c1-9-21-20(22-24(6,7)8)15-19(18-13-11-10-12-14-18)23-25(21,16(2)3)17(4)5/h9-14,16-17,19-21H,1,15H2,2-8H3/t19-,20-,21+/m0/s1. The van der Waals surface area contributed by atoms with Gasteiger partial charge in [-0.2, -0.15) is 0 Å². The predicted molar refractivity (Wildman–Crippen MR) is 113 cm³/mol. The van der Waals surface area contributed by atoms with Crippen LogP contribution in [0, 0.1) is 0 Å². The van der Waals surface area contributed by atoms with Gasteiger partial charge in [0.05, 0.1) is 12.2 Å². The fourth-order valence-electron chi connectivity index (χ4n) is 4.51. The van der Waals surface area contributed by atoms with Crippen LogP contribution in [0.15, 0.2) is 43.0 Å². The molecule has 0 saturated carbocycles. The van der Waals surface area contributed by atoms with E-state index >= 15 is 0 Å². The summed E-state index contributed by atoms with van der Waals surface area (Å²) < 4.78 is 13.7. The summed E-state index contributed by atoms with van der Waals surface area (Å²) in [7, 11) is -3.74. The van der Waals surface area contributed by atoms with Crippen molar-refractivity contribution >= 4 is 16.6 Å². The molecule has 0 aliphatic carbocycles. The average Bonchev–Trinajstić information content (AvgIpc) is 2.52. The molecule has 140 valence electrons. The van der Waals surface area contributed by atoms with Gasteiger partial charge in [0, 0.05) is 12.0 Å². The Bertz CT molecular complexity index is 555. The summed E-state index contributed by atoms with van der Waals surface area (Å²) in [5.74, 6) is 0. The van der Waals surface area contributed by atoms with Crippen molar-refractivity contribution in [2.45, 2.75) is 82.6 Å². The lowest BCUT2D eigenvalue weighted by Crippen LogP contribution is -2.58. The zero-order chi connectivity index (χ0) is 18.8. The summed E-state index contributed by atoms with van der Waals surface area (Å²) in [6, 6.07) is 10.7. The van der Waals surface area contributed by atoms with Crippen LogP contribution in [0.3, 0.4) is 0 Å². The molecule has 0 radical (unpaired) electrons. The highest BCUT2D eigenvalue weighted by Gasteiger charge is 2.56. The molecule has 0 bridgehead atoms. The van der Waals surface area contributed by atoms with E-state index in [9.17, 15) is 0 Å². The zero-order valence-corrected chi connectivity index (χ0v) is 19.1. The minimum Gasteiger partial charge on any atom is -0.414 e. The first-order chi connectivity index (χ1) is 11.6. The molecule has 1 fully saturated rings. The topological polar surface area (TPSA) is 18.5 Å². The summed E-state index contributed by atoms with van der Waals surface area (Å²) in [6.45, 7) is 20.4. The second-order valence-corrected chi connectivity index (χ2v) is 18.3. The molecular weight excluding hydrogens is 340 g/mol. The van der Waals surface area contributed by atoms with Gasteiger partial charge >= 0.3 is 0 Å². The van der Waals surface area contributed by atoms with Crippen LogP contribution in [0.1, 0.15) is 45.8 Å². The van der Waals surface area contributed by atoms with E-state index in [-0.39, 0.29) is 12.2 Å². The highest BCUT2D eigenvalue weighted by Crippen LogP contribution is 2.53. The SMILES string of the molecule is C=C[C@@H]1[C@@H](O[Si](C)(C)C)C[C@@H](c2ccccc2)O[Si]1(C(C)C)C(C)C. The second-order valence-electron chi connectivity index (χ2n) is 8.95. The van der Waals surface area contributed by atoms with Crippen LogP contribution in [-0.4, -0.2) is 22.7 Å². The molecule has 0 unspecified atom stereocenters. The minimum atomic E-state index is -2.10. The van der Waals surface area contributed by atoms with E-state index in [4.69, 9.17) is 8.85 Å². The first-order valence-electron chi connectivity index (χ1n) is 9.65. The van der Waals surface area contributed by atoms with Crippen molar-refractivity contribution in [3.05, 3.63) is 48.6 Å². The Balaban J connectivity index is 2.50. The van der Waals surface area contributed by atoms with E-state index < -0.39 is 16.6 Å². The molecule has 1 aliphatic rings. The number of hydrogen-bond donors (Lipinski definition) is 0. The van der Waals surface area contributed by atoms with Gasteiger partial charge in [-0.05, 0) is 36.3 Å². The highest BCUT2D eigenvalue weighted by atomic mass is 28.4. The summed E-state index contributed by atoms with van der Waals surface area (Å²) in [5, 5.41) is 0. The van der Waals surface area contributed by atoms with Crippen molar-refractivity contribution in [1.82, 2.24) is 0 Å². The first kappa shape index (κ1) is 20.6. The monoisotopic (exact) mass is 376 g/mol. The lowest BCUT2D eigenvalue weighted by Gasteiger charge is -2.53. The minimum absolute atomic E-state index is 0.134. The third-order valence-electron chi connectivity index (χ3n) is 5.45. The van der Waals surface area contributed by atoms with Crippen molar-refractivity contribution < 1.29 is 8.85 Å². The Morgan fingerprint density at radius 2 is 1.68 bits per heavy atom. The van der Waals surface area contributed by atoms with Crippen molar-refractivity contribution in [2.75, 3.05) is 0 Å². The Labute approximate surface area is 156 Å². The fraction of sp³-hybridized carbons (Fsp3) is 0.619. The van der Waals surface area contributed by atoms with Gasteiger partial charge in [0.15, 0.2) is 8.32 Å². The molecule has 2 rings (SSSR count). The van der Waals surface area contributed by atoms with Gasteiger partial charge in [0.2, 0.25) is 8.32 Å².